The molecular weight excluding hydrogens is 324 g/mol. The van der Waals surface area contributed by atoms with Gasteiger partial charge in [-0.3, -0.25) is 5.10 Å². The molecule has 0 amide bonds. The van der Waals surface area contributed by atoms with Crippen molar-refractivity contribution in [3.8, 4) is 16.5 Å². The van der Waals surface area contributed by atoms with Gasteiger partial charge >= 0.3 is 0 Å². The Kier molecular flexibility index (Phi) is 3.73. The maximum absolute atomic E-state index is 5.73. The first-order chi connectivity index (χ1) is 11.7. The molecule has 0 aliphatic carbocycles. The summed E-state index contributed by atoms with van der Waals surface area (Å²) in [4.78, 5) is 0.728. The first-order valence-corrected chi connectivity index (χ1v) is 8.47. The lowest BCUT2D eigenvalue weighted by Gasteiger charge is -2.02. The second-order valence-corrected chi connectivity index (χ2v) is 6.64. The van der Waals surface area contributed by atoms with Gasteiger partial charge < -0.3 is 4.74 Å². The van der Waals surface area contributed by atoms with E-state index in [2.05, 4.69) is 39.3 Å². The molecule has 7 nitrogen and oxygen atoms in total. The van der Waals surface area contributed by atoms with Crippen LogP contribution in [0.2, 0.25) is 0 Å². The fraction of sp³-hybridized carbons (Fsp3) is 0.250. The minimum absolute atomic E-state index is 0.312. The molecule has 3 aromatic heterocycles. The van der Waals surface area contributed by atoms with Crippen molar-refractivity contribution in [3.05, 3.63) is 47.9 Å². The SMILES string of the molecule is CC(C)c1cc(-c2nn3c(COc4ccccc4)nnc3s2)n[nH]1. The quantitative estimate of drug-likeness (QED) is 0.603. The number of ether oxygens (including phenoxy) is 1. The fourth-order valence-corrected chi connectivity index (χ4v) is 3.08. The Morgan fingerprint density at radius 2 is 2.04 bits per heavy atom. The summed E-state index contributed by atoms with van der Waals surface area (Å²) < 4.78 is 7.44. The van der Waals surface area contributed by atoms with Gasteiger partial charge in [0.2, 0.25) is 4.96 Å². The number of para-hydroxylation sites is 1. The third kappa shape index (κ3) is 2.76. The van der Waals surface area contributed by atoms with Crippen LogP contribution >= 0.6 is 11.3 Å². The Labute approximate surface area is 142 Å². The molecule has 4 rings (SSSR count). The molecule has 0 bridgehead atoms. The van der Waals surface area contributed by atoms with Crippen molar-refractivity contribution in [1.29, 1.82) is 0 Å². The predicted octanol–water partition coefficient (Wildman–Crippen LogP) is 3.28. The first kappa shape index (κ1) is 14.8. The summed E-state index contributed by atoms with van der Waals surface area (Å²) in [5.41, 5.74) is 1.91. The summed E-state index contributed by atoms with van der Waals surface area (Å²) in [6, 6.07) is 11.6. The molecule has 3 heterocycles. The molecule has 0 unspecified atom stereocenters. The van der Waals surface area contributed by atoms with Gasteiger partial charge in [-0.1, -0.05) is 43.4 Å². The maximum Gasteiger partial charge on any atom is 0.235 e. The summed E-state index contributed by atoms with van der Waals surface area (Å²) in [5.74, 6) is 1.85. The Morgan fingerprint density at radius 1 is 1.21 bits per heavy atom. The lowest BCUT2D eigenvalue weighted by atomic mass is 10.1. The first-order valence-electron chi connectivity index (χ1n) is 7.65. The second kappa shape index (κ2) is 6.04. The highest BCUT2D eigenvalue weighted by Gasteiger charge is 2.16. The van der Waals surface area contributed by atoms with Crippen molar-refractivity contribution in [2.24, 2.45) is 0 Å². The monoisotopic (exact) mass is 340 g/mol. The van der Waals surface area contributed by atoms with Crippen molar-refractivity contribution in [1.82, 2.24) is 30.0 Å². The van der Waals surface area contributed by atoms with Crippen LogP contribution < -0.4 is 4.74 Å². The average Bonchev–Trinajstić information content (AvgIpc) is 3.29. The molecule has 1 aromatic carbocycles. The molecule has 8 heteroatoms. The van der Waals surface area contributed by atoms with Crippen LogP contribution in [0.1, 0.15) is 31.3 Å². The Hall–Kier alpha value is -2.74. The molecule has 0 fully saturated rings. The molecule has 0 aliphatic heterocycles. The molecule has 0 atom stereocenters. The lowest BCUT2D eigenvalue weighted by Crippen LogP contribution is -2.02. The number of nitrogens with one attached hydrogen (secondary N) is 1. The van der Waals surface area contributed by atoms with Gasteiger partial charge in [-0.25, -0.2) is 0 Å². The molecule has 122 valence electrons. The third-order valence-corrected chi connectivity index (χ3v) is 4.53. The van der Waals surface area contributed by atoms with E-state index in [9.17, 15) is 0 Å². The van der Waals surface area contributed by atoms with E-state index in [1.807, 2.05) is 36.4 Å². The zero-order chi connectivity index (χ0) is 16.5. The van der Waals surface area contributed by atoms with Gasteiger partial charge in [-0.2, -0.15) is 14.7 Å². The molecule has 0 saturated carbocycles. The number of rotatable bonds is 5. The molecule has 4 aromatic rings. The van der Waals surface area contributed by atoms with E-state index >= 15 is 0 Å². The van der Waals surface area contributed by atoms with Gasteiger partial charge in [0.05, 0.1) is 0 Å². The molecule has 0 spiro atoms. The minimum atomic E-state index is 0.312. The number of fused-ring (bicyclic) bond motifs is 1. The standard InChI is InChI=1S/C16H16N6OS/c1-10(2)12-8-13(18-17-12)15-21-22-14(19-20-16(22)24-15)9-23-11-6-4-3-5-7-11/h3-8,10H,9H2,1-2H3,(H,17,18). The predicted molar refractivity (Wildman–Crippen MR) is 91.1 cm³/mol. The van der Waals surface area contributed by atoms with Crippen LogP contribution in [0.5, 0.6) is 5.75 Å². The number of aromatic nitrogens is 6. The Balaban J connectivity index is 1.58. The summed E-state index contributed by atoms with van der Waals surface area (Å²) in [7, 11) is 0. The van der Waals surface area contributed by atoms with E-state index in [4.69, 9.17) is 4.74 Å². The third-order valence-electron chi connectivity index (χ3n) is 3.61. The molecule has 0 radical (unpaired) electrons. The van der Waals surface area contributed by atoms with Gasteiger partial charge in [0.1, 0.15) is 18.1 Å². The number of hydrogen-bond donors (Lipinski definition) is 1. The van der Waals surface area contributed by atoms with Gasteiger partial charge in [-0.15, -0.1) is 10.2 Å². The largest absolute Gasteiger partial charge is 0.486 e. The number of benzene rings is 1. The fourth-order valence-electron chi connectivity index (χ4n) is 2.26. The molecular formula is C16H16N6OS. The van der Waals surface area contributed by atoms with E-state index in [1.54, 1.807) is 4.52 Å². The van der Waals surface area contributed by atoms with Crippen molar-refractivity contribution in [3.63, 3.8) is 0 Å². The smallest absolute Gasteiger partial charge is 0.235 e. The van der Waals surface area contributed by atoms with Crippen LogP contribution in [-0.2, 0) is 6.61 Å². The van der Waals surface area contributed by atoms with Gasteiger partial charge in [0.25, 0.3) is 0 Å². The zero-order valence-corrected chi connectivity index (χ0v) is 14.1. The van der Waals surface area contributed by atoms with Crippen LogP contribution in [0.4, 0.5) is 0 Å². The van der Waals surface area contributed by atoms with Crippen LogP contribution in [0.15, 0.2) is 36.4 Å². The topological polar surface area (TPSA) is 81.0 Å². The van der Waals surface area contributed by atoms with Crippen molar-refractivity contribution in [2.75, 3.05) is 0 Å². The van der Waals surface area contributed by atoms with Gasteiger partial charge in [0.15, 0.2) is 10.8 Å². The summed E-state index contributed by atoms with van der Waals surface area (Å²) in [6.45, 7) is 4.55. The van der Waals surface area contributed by atoms with Crippen LogP contribution in [0.3, 0.4) is 0 Å². The number of nitrogens with zero attached hydrogens (tertiary/aromatic N) is 5. The van der Waals surface area contributed by atoms with E-state index in [0.717, 1.165) is 27.1 Å². The molecule has 0 aliphatic rings. The average molecular weight is 340 g/mol. The number of aromatic amines is 1. The van der Waals surface area contributed by atoms with Crippen LogP contribution in [-0.4, -0.2) is 30.0 Å². The van der Waals surface area contributed by atoms with Crippen molar-refractivity contribution in [2.45, 2.75) is 26.4 Å². The van der Waals surface area contributed by atoms with Gasteiger partial charge in [-0.05, 0) is 24.1 Å². The van der Waals surface area contributed by atoms with Crippen LogP contribution in [0, 0.1) is 0 Å². The Morgan fingerprint density at radius 3 is 2.79 bits per heavy atom. The normalized spacial score (nSPS) is 11.5. The highest BCUT2D eigenvalue weighted by molar-refractivity contribution is 7.19. The molecule has 0 saturated heterocycles. The second-order valence-electron chi connectivity index (χ2n) is 5.68. The van der Waals surface area contributed by atoms with E-state index in [1.165, 1.54) is 11.3 Å². The molecule has 1 N–H and O–H groups in total. The van der Waals surface area contributed by atoms with E-state index < -0.39 is 0 Å². The minimum Gasteiger partial charge on any atom is -0.486 e. The summed E-state index contributed by atoms with van der Waals surface area (Å²) in [5, 5.41) is 21.1. The number of hydrogen-bond acceptors (Lipinski definition) is 6. The van der Waals surface area contributed by atoms with E-state index in [-0.39, 0.29) is 0 Å². The summed E-state index contributed by atoms with van der Waals surface area (Å²) >= 11 is 1.46. The number of H-pyrrole nitrogens is 1. The lowest BCUT2D eigenvalue weighted by molar-refractivity contribution is 0.293. The maximum atomic E-state index is 5.73. The van der Waals surface area contributed by atoms with Crippen LogP contribution in [0.25, 0.3) is 15.7 Å². The Bertz CT molecular complexity index is 955. The highest BCUT2D eigenvalue weighted by atomic mass is 32.1. The molecule has 24 heavy (non-hydrogen) atoms. The van der Waals surface area contributed by atoms with Crippen molar-refractivity contribution < 1.29 is 4.74 Å². The van der Waals surface area contributed by atoms with Crippen molar-refractivity contribution >= 4 is 16.3 Å². The summed E-state index contributed by atoms with van der Waals surface area (Å²) in [6.07, 6.45) is 0. The van der Waals surface area contributed by atoms with E-state index in [0.29, 0.717) is 18.3 Å². The highest BCUT2D eigenvalue weighted by Crippen LogP contribution is 2.26. The van der Waals surface area contributed by atoms with Gasteiger partial charge in [0, 0.05) is 5.69 Å². The zero-order valence-electron chi connectivity index (χ0n) is 13.3.